The Labute approximate surface area is 136 Å². The molecule has 0 bridgehead atoms. The largest absolute Gasteiger partial charge is 0.338 e. The molecule has 0 radical (unpaired) electrons. The van der Waals surface area contributed by atoms with Crippen molar-refractivity contribution in [2.45, 2.75) is 30.7 Å². The number of thioether (sulfide) groups is 1. The van der Waals surface area contributed by atoms with Crippen LogP contribution in [0.3, 0.4) is 0 Å². The summed E-state index contributed by atoms with van der Waals surface area (Å²) in [4.78, 5) is 5.64. The molecular weight excluding hydrogens is 302 g/mol. The second-order valence-corrected chi connectivity index (χ2v) is 6.61. The third-order valence-electron chi connectivity index (χ3n) is 3.28. The van der Waals surface area contributed by atoms with E-state index in [-0.39, 0.29) is 0 Å². The number of hydrogen-bond acceptors (Lipinski definition) is 3. The van der Waals surface area contributed by atoms with Crippen LogP contribution in [0.5, 0.6) is 0 Å². The van der Waals surface area contributed by atoms with E-state index in [1.54, 1.807) is 0 Å². The molecule has 3 nitrogen and oxygen atoms in total. The Morgan fingerprint density at radius 1 is 1.43 bits per heavy atom. The standard InChI is InChI=1S/C16H22ClN3S/c1-3-7-18-14(11-16-19-8-9-20(16)2)12-21-15-6-4-5-13(17)10-15/h4-6,8-10,14,18H,3,7,11-12H2,1-2H3. The van der Waals surface area contributed by atoms with Crippen molar-refractivity contribution in [3.8, 4) is 0 Å². The number of nitrogens with one attached hydrogen (secondary N) is 1. The molecule has 2 aromatic rings. The van der Waals surface area contributed by atoms with E-state index in [9.17, 15) is 0 Å². The van der Waals surface area contributed by atoms with Crippen molar-refractivity contribution in [2.75, 3.05) is 12.3 Å². The minimum Gasteiger partial charge on any atom is -0.338 e. The van der Waals surface area contributed by atoms with Crippen LogP contribution in [0, 0.1) is 0 Å². The fourth-order valence-corrected chi connectivity index (χ4v) is 3.38. The summed E-state index contributed by atoms with van der Waals surface area (Å²) in [5.41, 5.74) is 0. The number of benzene rings is 1. The molecule has 114 valence electrons. The van der Waals surface area contributed by atoms with Gasteiger partial charge in [-0.3, -0.25) is 0 Å². The van der Waals surface area contributed by atoms with Crippen molar-refractivity contribution in [1.29, 1.82) is 0 Å². The van der Waals surface area contributed by atoms with E-state index in [0.717, 1.165) is 36.0 Å². The van der Waals surface area contributed by atoms with Crippen LogP contribution in [0.25, 0.3) is 0 Å². The molecule has 1 heterocycles. The first kappa shape index (κ1) is 16.4. The van der Waals surface area contributed by atoms with E-state index >= 15 is 0 Å². The molecule has 1 unspecified atom stereocenters. The number of aryl methyl sites for hydroxylation is 1. The lowest BCUT2D eigenvalue weighted by atomic mass is 10.2. The first-order valence-corrected chi connectivity index (χ1v) is 8.63. The normalized spacial score (nSPS) is 12.5. The fourth-order valence-electron chi connectivity index (χ4n) is 2.11. The van der Waals surface area contributed by atoms with E-state index < -0.39 is 0 Å². The molecule has 0 spiro atoms. The highest BCUT2D eigenvalue weighted by Gasteiger charge is 2.12. The zero-order chi connectivity index (χ0) is 15.1. The number of halogens is 1. The molecule has 0 aliphatic carbocycles. The van der Waals surface area contributed by atoms with E-state index in [1.807, 2.05) is 49.4 Å². The van der Waals surface area contributed by atoms with Gasteiger partial charge in [-0.15, -0.1) is 11.8 Å². The summed E-state index contributed by atoms with van der Waals surface area (Å²) < 4.78 is 2.09. The van der Waals surface area contributed by atoms with E-state index in [1.165, 1.54) is 4.90 Å². The van der Waals surface area contributed by atoms with Gasteiger partial charge in [-0.05, 0) is 31.2 Å². The van der Waals surface area contributed by atoms with Gasteiger partial charge in [0, 0.05) is 47.6 Å². The van der Waals surface area contributed by atoms with Crippen LogP contribution >= 0.6 is 23.4 Å². The molecule has 1 N–H and O–H groups in total. The Kier molecular flexibility index (Phi) is 6.61. The van der Waals surface area contributed by atoms with Crippen molar-refractivity contribution < 1.29 is 0 Å². The van der Waals surface area contributed by atoms with Crippen LogP contribution in [0.4, 0.5) is 0 Å². The molecule has 0 saturated heterocycles. The van der Waals surface area contributed by atoms with E-state index in [4.69, 9.17) is 11.6 Å². The summed E-state index contributed by atoms with van der Waals surface area (Å²) >= 11 is 7.87. The zero-order valence-electron chi connectivity index (χ0n) is 12.6. The molecule has 1 aromatic carbocycles. The summed E-state index contributed by atoms with van der Waals surface area (Å²) in [6, 6.07) is 8.44. The first-order chi connectivity index (χ1) is 10.2. The number of rotatable bonds is 8. The lowest BCUT2D eigenvalue weighted by molar-refractivity contribution is 0.532. The maximum atomic E-state index is 6.04. The van der Waals surface area contributed by atoms with Gasteiger partial charge in [-0.2, -0.15) is 0 Å². The summed E-state index contributed by atoms with van der Waals surface area (Å²) in [5, 5.41) is 4.41. The maximum Gasteiger partial charge on any atom is 0.109 e. The average molecular weight is 324 g/mol. The smallest absolute Gasteiger partial charge is 0.109 e. The van der Waals surface area contributed by atoms with Crippen LogP contribution in [0.15, 0.2) is 41.6 Å². The molecule has 0 fully saturated rings. The predicted molar refractivity (Wildman–Crippen MR) is 91.2 cm³/mol. The number of aromatic nitrogens is 2. The van der Waals surface area contributed by atoms with Gasteiger partial charge in [0.1, 0.15) is 5.82 Å². The highest BCUT2D eigenvalue weighted by atomic mass is 35.5. The van der Waals surface area contributed by atoms with Gasteiger partial charge >= 0.3 is 0 Å². The molecule has 1 aromatic heterocycles. The van der Waals surface area contributed by atoms with Gasteiger partial charge in [0.15, 0.2) is 0 Å². The molecule has 1 atom stereocenters. The molecular formula is C16H22ClN3S. The van der Waals surface area contributed by atoms with Gasteiger partial charge < -0.3 is 9.88 Å². The molecule has 0 aliphatic heterocycles. The van der Waals surface area contributed by atoms with Crippen molar-refractivity contribution in [1.82, 2.24) is 14.9 Å². The third-order valence-corrected chi connectivity index (χ3v) is 4.67. The molecule has 0 aliphatic rings. The average Bonchev–Trinajstić information content (AvgIpc) is 2.87. The van der Waals surface area contributed by atoms with Gasteiger partial charge in [-0.25, -0.2) is 4.98 Å². The molecule has 21 heavy (non-hydrogen) atoms. The minimum atomic E-state index is 0.412. The van der Waals surface area contributed by atoms with E-state index in [0.29, 0.717) is 6.04 Å². The fraction of sp³-hybridized carbons (Fsp3) is 0.438. The molecule has 0 saturated carbocycles. The summed E-state index contributed by atoms with van der Waals surface area (Å²) in [7, 11) is 2.04. The Hall–Kier alpha value is -0.970. The lowest BCUT2D eigenvalue weighted by Gasteiger charge is -2.18. The zero-order valence-corrected chi connectivity index (χ0v) is 14.1. The van der Waals surface area contributed by atoms with Gasteiger partial charge in [0.05, 0.1) is 0 Å². The highest BCUT2D eigenvalue weighted by molar-refractivity contribution is 7.99. The Morgan fingerprint density at radius 3 is 2.95 bits per heavy atom. The molecule has 2 rings (SSSR count). The van der Waals surface area contributed by atoms with Gasteiger partial charge in [0.25, 0.3) is 0 Å². The quantitative estimate of drug-likeness (QED) is 0.750. The van der Waals surface area contributed by atoms with E-state index in [2.05, 4.69) is 27.9 Å². The van der Waals surface area contributed by atoms with Crippen LogP contribution in [0.1, 0.15) is 19.2 Å². The van der Waals surface area contributed by atoms with Crippen molar-refractivity contribution >= 4 is 23.4 Å². The predicted octanol–water partition coefficient (Wildman–Crippen LogP) is 3.78. The number of imidazole rings is 1. The van der Waals surface area contributed by atoms with Crippen LogP contribution in [0.2, 0.25) is 5.02 Å². The van der Waals surface area contributed by atoms with Gasteiger partial charge in [0.2, 0.25) is 0 Å². The molecule has 5 heteroatoms. The minimum absolute atomic E-state index is 0.412. The Morgan fingerprint density at radius 2 is 2.29 bits per heavy atom. The monoisotopic (exact) mass is 323 g/mol. The summed E-state index contributed by atoms with van der Waals surface area (Å²) in [5.74, 6) is 2.13. The Balaban J connectivity index is 1.94. The summed E-state index contributed by atoms with van der Waals surface area (Å²) in [6.45, 7) is 3.22. The van der Waals surface area contributed by atoms with Crippen molar-refractivity contribution in [3.05, 3.63) is 47.5 Å². The van der Waals surface area contributed by atoms with Crippen LogP contribution < -0.4 is 5.32 Å². The summed E-state index contributed by atoms with van der Waals surface area (Å²) in [6.07, 6.45) is 5.93. The third kappa shape index (κ3) is 5.38. The maximum absolute atomic E-state index is 6.04. The molecule has 0 amide bonds. The highest BCUT2D eigenvalue weighted by Crippen LogP contribution is 2.22. The van der Waals surface area contributed by atoms with Crippen LogP contribution in [-0.4, -0.2) is 27.9 Å². The SMILES string of the molecule is CCCNC(CSc1cccc(Cl)c1)Cc1nccn1C. The van der Waals surface area contributed by atoms with Crippen LogP contribution in [-0.2, 0) is 13.5 Å². The topological polar surface area (TPSA) is 29.9 Å². The number of nitrogens with zero attached hydrogens (tertiary/aromatic N) is 2. The first-order valence-electron chi connectivity index (χ1n) is 7.27. The van der Waals surface area contributed by atoms with Crippen molar-refractivity contribution in [2.24, 2.45) is 7.05 Å². The second kappa shape index (κ2) is 8.47. The Bertz CT molecular complexity index is 556. The number of hydrogen-bond donors (Lipinski definition) is 1. The van der Waals surface area contributed by atoms with Crippen molar-refractivity contribution in [3.63, 3.8) is 0 Å². The van der Waals surface area contributed by atoms with Gasteiger partial charge in [-0.1, -0.05) is 24.6 Å². The lowest BCUT2D eigenvalue weighted by Crippen LogP contribution is -2.34. The second-order valence-electron chi connectivity index (χ2n) is 5.08.